The molecule has 0 radical (unpaired) electrons. The van der Waals surface area contributed by atoms with Gasteiger partial charge in [-0.05, 0) is 23.7 Å². The zero-order valence-corrected chi connectivity index (χ0v) is 8.59. The SMILES string of the molecule is FC(F)(F)c1ccc(CNC2C[N-]C2)cc1. The van der Waals surface area contributed by atoms with Crippen molar-refractivity contribution in [1.29, 1.82) is 0 Å². The lowest BCUT2D eigenvalue weighted by Crippen LogP contribution is -2.42. The van der Waals surface area contributed by atoms with Gasteiger partial charge in [0.1, 0.15) is 0 Å². The van der Waals surface area contributed by atoms with Gasteiger partial charge in [-0.1, -0.05) is 12.1 Å². The molecule has 0 spiro atoms. The van der Waals surface area contributed by atoms with Gasteiger partial charge in [0.2, 0.25) is 0 Å². The van der Waals surface area contributed by atoms with E-state index in [-0.39, 0.29) is 0 Å². The van der Waals surface area contributed by atoms with Crippen LogP contribution in [-0.4, -0.2) is 19.1 Å². The van der Waals surface area contributed by atoms with Gasteiger partial charge < -0.3 is 10.6 Å². The van der Waals surface area contributed by atoms with Gasteiger partial charge in [0.05, 0.1) is 5.56 Å². The van der Waals surface area contributed by atoms with Crippen LogP contribution in [0.4, 0.5) is 13.2 Å². The maximum absolute atomic E-state index is 12.3. The molecule has 5 heteroatoms. The number of hydrogen-bond acceptors (Lipinski definition) is 1. The first-order chi connectivity index (χ1) is 7.55. The Bertz CT molecular complexity index is 341. The van der Waals surface area contributed by atoms with E-state index in [2.05, 4.69) is 10.6 Å². The van der Waals surface area contributed by atoms with Crippen molar-refractivity contribution in [2.24, 2.45) is 0 Å². The predicted molar refractivity (Wildman–Crippen MR) is 55.2 cm³/mol. The van der Waals surface area contributed by atoms with E-state index < -0.39 is 11.7 Å². The number of nitrogens with zero attached hydrogens (tertiary/aromatic N) is 1. The number of alkyl halides is 3. The molecule has 1 aliphatic heterocycles. The standard InChI is InChI=1S/C11H12F3N2/c12-11(13,14)9-3-1-8(2-4-9)5-16-10-6-15-7-10/h1-4,10,16H,5-7H2/q-1. The van der Waals surface area contributed by atoms with Gasteiger partial charge in [0, 0.05) is 6.54 Å². The largest absolute Gasteiger partial charge is 0.660 e. The Balaban J connectivity index is 1.91. The Morgan fingerprint density at radius 1 is 1.19 bits per heavy atom. The Morgan fingerprint density at radius 2 is 1.81 bits per heavy atom. The molecule has 0 amide bonds. The van der Waals surface area contributed by atoms with Gasteiger partial charge in [0.25, 0.3) is 0 Å². The third-order valence-electron chi connectivity index (χ3n) is 2.58. The van der Waals surface area contributed by atoms with Crippen molar-refractivity contribution in [1.82, 2.24) is 5.32 Å². The molecular formula is C11H12F3N2-. The summed E-state index contributed by atoms with van der Waals surface area (Å²) in [5.41, 5.74) is 0.259. The van der Waals surface area contributed by atoms with Gasteiger partial charge >= 0.3 is 6.18 Å². The van der Waals surface area contributed by atoms with E-state index in [0.29, 0.717) is 12.6 Å². The van der Waals surface area contributed by atoms with E-state index in [4.69, 9.17) is 0 Å². The van der Waals surface area contributed by atoms with Crippen LogP contribution in [0.2, 0.25) is 0 Å². The van der Waals surface area contributed by atoms with E-state index in [1.54, 1.807) is 0 Å². The highest BCUT2D eigenvalue weighted by atomic mass is 19.4. The number of rotatable bonds is 3. The Labute approximate surface area is 91.8 Å². The van der Waals surface area contributed by atoms with E-state index in [9.17, 15) is 13.2 Å². The Morgan fingerprint density at radius 3 is 2.25 bits per heavy atom. The van der Waals surface area contributed by atoms with Crippen LogP contribution in [0.3, 0.4) is 0 Å². The summed E-state index contributed by atoms with van der Waals surface area (Å²) in [6.07, 6.45) is -4.25. The van der Waals surface area contributed by atoms with Gasteiger partial charge in [-0.25, -0.2) is 0 Å². The Kier molecular flexibility index (Phi) is 3.16. The van der Waals surface area contributed by atoms with Gasteiger partial charge in [-0.3, -0.25) is 0 Å². The number of hydrogen-bond donors (Lipinski definition) is 1. The topological polar surface area (TPSA) is 26.1 Å². The van der Waals surface area contributed by atoms with Gasteiger partial charge in [0.15, 0.2) is 0 Å². The molecule has 0 bridgehead atoms. The minimum Gasteiger partial charge on any atom is -0.660 e. The van der Waals surface area contributed by atoms with E-state index >= 15 is 0 Å². The molecule has 0 aromatic heterocycles. The van der Waals surface area contributed by atoms with Crippen molar-refractivity contribution in [3.63, 3.8) is 0 Å². The molecule has 0 atom stereocenters. The lowest BCUT2D eigenvalue weighted by molar-refractivity contribution is -0.137. The predicted octanol–water partition coefficient (Wildman–Crippen LogP) is 2.55. The second kappa shape index (κ2) is 4.43. The van der Waals surface area contributed by atoms with Gasteiger partial charge in [-0.2, -0.15) is 13.2 Å². The second-order valence-electron chi connectivity index (χ2n) is 3.86. The van der Waals surface area contributed by atoms with E-state index in [1.807, 2.05) is 0 Å². The van der Waals surface area contributed by atoms with Crippen LogP contribution in [-0.2, 0) is 12.7 Å². The fraction of sp³-hybridized carbons (Fsp3) is 0.455. The molecule has 0 saturated carbocycles. The smallest absolute Gasteiger partial charge is 0.416 e. The zero-order valence-electron chi connectivity index (χ0n) is 8.59. The van der Waals surface area contributed by atoms with Crippen molar-refractivity contribution in [3.8, 4) is 0 Å². The van der Waals surface area contributed by atoms with Crippen LogP contribution in [0, 0.1) is 0 Å². The van der Waals surface area contributed by atoms with Crippen LogP contribution in [0.5, 0.6) is 0 Å². The first-order valence-electron chi connectivity index (χ1n) is 5.08. The molecule has 1 saturated heterocycles. The molecule has 1 N–H and O–H groups in total. The molecule has 16 heavy (non-hydrogen) atoms. The molecule has 2 nitrogen and oxygen atoms in total. The third kappa shape index (κ3) is 2.74. The zero-order chi connectivity index (χ0) is 11.6. The highest BCUT2D eigenvalue weighted by Gasteiger charge is 2.29. The molecule has 1 aliphatic rings. The van der Waals surface area contributed by atoms with Crippen LogP contribution in [0.25, 0.3) is 5.32 Å². The second-order valence-corrected chi connectivity index (χ2v) is 3.86. The normalized spacial score (nSPS) is 17.2. The molecule has 0 unspecified atom stereocenters. The fourth-order valence-electron chi connectivity index (χ4n) is 1.46. The molecule has 88 valence electrons. The quantitative estimate of drug-likeness (QED) is 0.847. The summed E-state index contributed by atoms with van der Waals surface area (Å²) in [7, 11) is 0. The highest BCUT2D eigenvalue weighted by molar-refractivity contribution is 5.24. The van der Waals surface area contributed by atoms with Crippen molar-refractivity contribution in [2.75, 3.05) is 13.1 Å². The average molecular weight is 229 g/mol. The van der Waals surface area contributed by atoms with Crippen LogP contribution >= 0.6 is 0 Å². The minimum absolute atomic E-state index is 0.391. The van der Waals surface area contributed by atoms with Gasteiger partial charge in [-0.15, -0.1) is 13.1 Å². The first-order valence-corrected chi connectivity index (χ1v) is 5.08. The molecule has 0 aliphatic carbocycles. The fourth-order valence-corrected chi connectivity index (χ4v) is 1.46. The lowest BCUT2D eigenvalue weighted by atomic mass is 10.1. The molecular weight excluding hydrogens is 217 g/mol. The average Bonchev–Trinajstić information content (AvgIpc) is 2.15. The number of nitrogens with one attached hydrogen (secondary N) is 1. The minimum atomic E-state index is -4.25. The third-order valence-corrected chi connectivity index (χ3v) is 2.58. The van der Waals surface area contributed by atoms with Crippen LogP contribution in [0.1, 0.15) is 11.1 Å². The summed E-state index contributed by atoms with van der Waals surface area (Å²) in [6.45, 7) is 2.21. The summed E-state index contributed by atoms with van der Waals surface area (Å²) in [4.78, 5) is 0. The maximum atomic E-state index is 12.3. The maximum Gasteiger partial charge on any atom is 0.416 e. The monoisotopic (exact) mass is 229 g/mol. The summed E-state index contributed by atoms with van der Waals surface area (Å²) in [5.74, 6) is 0. The van der Waals surface area contributed by atoms with Crippen molar-refractivity contribution in [2.45, 2.75) is 18.8 Å². The Hall–Kier alpha value is -1.07. The highest BCUT2D eigenvalue weighted by Crippen LogP contribution is 2.29. The number of benzene rings is 1. The van der Waals surface area contributed by atoms with Crippen LogP contribution in [0.15, 0.2) is 24.3 Å². The van der Waals surface area contributed by atoms with E-state index in [0.717, 1.165) is 30.8 Å². The summed E-state index contributed by atoms with van der Waals surface area (Å²) in [6, 6.07) is 5.63. The summed E-state index contributed by atoms with van der Waals surface area (Å²) >= 11 is 0. The number of halogens is 3. The molecule has 1 fully saturated rings. The van der Waals surface area contributed by atoms with Crippen LogP contribution < -0.4 is 5.32 Å². The molecule has 1 aromatic carbocycles. The molecule has 2 rings (SSSR count). The molecule has 1 heterocycles. The van der Waals surface area contributed by atoms with Crippen molar-refractivity contribution >= 4 is 0 Å². The summed E-state index contributed by atoms with van der Waals surface area (Å²) < 4.78 is 36.8. The van der Waals surface area contributed by atoms with E-state index in [1.165, 1.54) is 12.1 Å². The van der Waals surface area contributed by atoms with Crippen molar-refractivity contribution < 1.29 is 13.2 Å². The van der Waals surface area contributed by atoms with Crippen molar-refractivity contribution in [3.05, 3.63) is 40.7 Å². The lowest BCUT2D eigenvalue weighted by Gasteiger charge is -2.42. The first kappa shape index (κ1) is 11.4. The summed E-state index contributed by atoms with van der Waals surface area (Å²) in [5, 5.41) is 7.26. The molecule has 1 aromatic rings.